The maximum absolute atomic E-state index is 12.9. The molecular formula is C13H14Br2F3NO. The Morgan fingerprint density at radius 3 is 2.60 bits per heavy atom. The molecular weight excluding hydrogens is 403 g/mol. The molecule has 2 nitrogen and oxygen atoms in total. The van der Waals surface area contributed by atoms with Crippen LogP contribution < -0.4 is 5.32 Å². The van der Waals surface area contributed by atoms with Crippen molar-refractivity contribution in [2.24, 2.45) is 0 Å². The summed E-state index contributed by atoms with van der Waals surface area (Å²) < 4.78 is 39.1. The number of amides is 1. The Kier molecular flexibility index (Phi) is 6.51. The van der Waals surface area contributed by atoms with Crippen LogP contribution in [0.25, 0.3) is 0 Å². The van der Waals surface area contributed by atoms with E-state index in [1.165, 1.54) is 12.1 Å². The van der Waals surface area contributed by atoms with Crippen molar-refractivity contribution in [3.63, 3.8) is 0 Å². The first-order valence-corrected chi connectivity index (χ1v) is 7.90. The van der Waals surface area contributed by atoms with Crippen LogP contribution in [0, 0.1) is 0 Å². The number of carbonyl (C=O) groups is 1. The predicted octanol–water partition coefficient (Wildman–Crippen LogP) is 4.76. The highest BCUT2D eigenvalue weighted by Gasteiger charge is 2.35. The normalized spacial score (nSPS) is 13.1. The van der Waals surface area contributed by atoms with Gasteiger partial charge in [0.05, 0.1) is 11.1 Å². The molecule has 20 heavy (non-hydrogen) atoms. The number of hydrogen-bond acceptors (Lipinski definition) is 1. The molecule has 0 aromatic heterocycles. The summed E-state index contributed by atoms with van der Waals surface area (Å²) in [6, 6.07) is 3.34. The van der Waals surface area contributed by atoms with Gasteiger partial charge >= 0.3 is 6.18 Å². The van der Waals surface area contributed by atoms with Crippen molar-refractivity contribution >= 4 is 37.8 Å². The average molecular weight is 417 g/mol. The molecule has 0 heterocycles. The zero-order chi connectivity index (χ0) is 15.3. The van der Waals surface area contributed by atoms with Crippen LogP contribution in [-0.4, -0.2) is 17.3 Å². The van der Waals surface area contributed by atoms with Gasteiger partial charge in [-0.1, -0.05) is 31.9 Å². The van der Waals surface area contributed by atoms with Crippen LogP contribution in [0.15, 0.2) is 22.7 Å². The Morgan fingerprint density at radius 1 is 1.40 bits per heavy atom. The van der Waals surface area contributed by atoms with Crippen LogP contribution in [0.3, 0.4) is 0 Å². The lowest BCUT2D eigenvalue weighted by atomic mass is 10.1. The summed E-state index contributed by atoms with van der Waals surface area (Å²) in [5, 5.41) is 3.38. The molecule has 1 aromatic rings. The molecule has 1 unspecified atom stereocenters. The van der Waals surface area contributed by atoms with Crippen LogP contribution in [0.2, 0.25) is 0 Å². The zero-order valence-corrected chi connectivity index (χ0v) is 13.9. The van der Waals surface area contributed by atoms with E-state index in [0.29, 0.717) is 6.42 Å². The minimum Gasteiger partial charge on any atom is -0.350 e. The number of carbonyl (C=O) groups excluding carboxylic acids is 1. The molecule has 1 rings (SSSR count). The van der Waals surface area contributed by atoms with Gasteiger partial charge in [-0.25, -0.2) is 0 Å². The molecule has 0 saturated carbocycles. The third kappa shape index (κ3) is 5.09. The average Bonchev–Trinajstić information content (AvgIpc) is 2.35. The lowest BCUT2D eigenvalue weighted by molar-refractivity contribution is -0.138. The van der Waals surface area contributed by atoms with Gasteiger partial charge in [0, 0.05) is 15.8 Å². The summed E-state index contributed by atoms with van der Waals surface area (Å²) >= 11 is 6.25. The number of rotatable bonds is 5. The quantitative estimate of drug-likeness (QED) is 0.688. The molecule has 0 aliphatic carbocycles. The molecule has 0 spiro atoms. The largest absolute Gasteiger partial charge is 0.417 e. The Balaban J connectivity index is 2.93. The fraction of sp³-hybridized carbons (Fsp3) is 0.462. The summed E-state index contributed by atoms with van der Waals surface area (Å²) in [4.78, 5) is 12.0. The van der Waals surface area contributed by atoms with Crippen molar-refractivity contribution in [1.29, 1.82) is 0 Å². The fourth-order valence-corrected chi connectivity index (χ4v) is 2.39. The summed E-state index contributed by atoms with van der Waals surface area (Å²) in [7, 11) is 0. The molecule has 1 atom stereocenters. The lowest BCUT2D eigenvalue weighted by Crippen LogP contribution is -2.34. The van der Waals surface area contributed by atoms with Crippen molar-refractivity contribution in [1.82, 2.24) is 5.32 Å². The summed E-state index contributed by atoms with van der Waals surface area (Å²) in [6.07, 6.45) is -3.02. The lowest BCUT2D eigenvalue weighted by Gasteiger charge is -2.16. The third-order valence-corrected chi connectivity index (χ3v) is 3.73. The topological polar surface area (TPSA) is 29.1 Å². The van der Waals surface area contributed by atoms with Gasteiger partial charge in [-0.15, -0.1) is 0 Å². The van der Waals surface area contributed by atoms with E-state index < -0.39 is 17.6 Å². The highest BCUT2D eigenvalue weighted by molar-refractivity contribution is 9.10. The van der Waals surface area contributed by atoms with Gasteiger partial charge in [-0.2, -0.15) is 13.2 Å². The zero-order valence-electron chi connectivity index (χ0n) is 10.7. The van der Waals surface area contributed by atoms with Gasteiger partial charge in [0.2, 0.25) is 0 Å². The third-order valence-electron chi connectivity index (χ3n) is 2.68. The van der Waals surface area contributed by atoms with Crippen molar-refractivity contribution in [2.45, 2.75) is 32.0 Å². The van der Waals surface area contributed by atoms with Crippen LogP contribution >= 0.6 is 31.9 Å². The smallest absolute Gasteiger partial charge is 0.350 e. The van der Waals surface area contributed by atoms with Crippen molar-refractivity contribution in [2.75, 3.05) is 5.33 Å². The Labute approximate surface area is 132 Å². The Bertz CT molecular complexity index is 477. The molecule has 0 radical (unpaired) electrons. The molecule has 0 aliphatic heterocycles. The summed E-state index contributed by atoms with van der Waals surface area (Å²) in [5.74, 6) is -0.702. The van der Waals surface area contributed by atoms with Crippen molar-refractivity contribution in [3.8, 4) is 0 Å². The van der Waals surface area contributed by atoms with E-state index in [0.717, 1.165) is 17.8 Å². The second-order valence-electron chi connectivity index (χ2n) is 4.39. The number of benzene rings is 1. The van der Waals surface area contributed by atoms with Crippen LogP contribution in [0.5, 0.6) is 0 Å². The van der Waals surface area contributed by atoms with E-state index >= 15 is 0 Å². The minimum absolute atomic E-state index is 0.176. The van der Waals surface area contributed by atoms with Gasteiger partial charge < -0.3 is 5.32 Å². The second kappa shape index (κ2) is 7.45. The molecule has 112 valence electrons. The van der Waals surface area contributed by atoms with E-state index in [4.69, 9.17) is 0 Å². The molecule has 0 fully saturated rings. The highest BCUT2D eigenvalue weighted by Crippen LogP contribution is 2.33. The van der Waals surface area contributed by atoms with Gasteiger partial charge in [0.25, 0.3) is 5.91 Å². The molecule has 7 heteroatoms. The van der Waals surface area contributed by atoms with Crippen LogP contribution in [-0.2, 0) is 6.18 Å². The number of nitrogens with one attached hydrogen (secondary N) is 1. The first-order chi connectivity index (χ1) is 9.25. The molecule has 1 N–H and O–H groups in total. The maximum atomic E-state index is 12.9. The summed E-state index contributed by atoms with van der Waals surface area (Å²) in [5.41, 5.74) is -1.29. The van der Waals surface area contributed by atoms with Crippen LogP contribution in [0.1, 0.15) is 35.7 Å². The minimum atomic E-state index is -4.56. The van der Waals surface area contributed by atoms with Crippen LogP contribution in [0.4, 0.5) is 13.2 Å². The van der Waals surface area contributed by atoms with E-state index in [9.17, 15) is 18.0 Å². The van der Waals surface area contributed by atoms with Gasteiger partial charge in [-0.05, 0) is 38.0 Å². The molecule has 0 saturated heterocycles. The predicted molar refractivity (Wildman–Crippen MR) is 79.1 cm³/mol. The van der Waals surface area contributed by atoms with E-state index in [2.05, 4.69) is 37.2 Å². The molecule has 1 amide bonds. The Hall–Kier alpha value is -0.560. The highest BCUT2D eigenvalue weighted by atomic mass is 79.9. The number of alkyl halides is 4. The van der Waals surface area contributed by atoms with Gasteiger partial charge in [0.1, 0.15) is 0 Å². The first kappa shape index (κ1) is 17.5. The summed E-state index contributed by atoms with van der Waals surface area (Å²) in [6.45, 7) is 1.77. The number of hydrogen-bond donors (Lipinski definition) is 1. The van der Waals surface area contributed by atoms with Crippen molar-refractivity contribution in [3.05, 3.63) is 33.8 Å². The molecule has 0 bridgehead atoms. The van der Waals surface area contributed by atoms with E-state index in [-0.39, 0.29) is 16.1 Å². The second-order valence-corrected chi connectivity index (χ2v) is 6.10. The van der Waals surface area contributed by atoms with Crippen molar-refractivity contribution < 1.29 is 18.0 Å². The maximum Gasteiger partial charge on any atom is 0.417 e. The van der Waals surface area contributed by atoms with Gasteiger partial charge in [-0.3, -0.25) is 4.79 Å². The Morgan fingerprint density at radius 2 is 2.05 bits per heavy atom. The fourth-order valence-electron chi connectivity index (χ4n) is 1.71. The SMILES string of the molecule is CC(CCCBr)NC(=O)c1ccc(Br)cc1C(F)(F)F. The monoisotopic (exact) mass is 415 g/mol. The first-order valence-electron chi connectivity index (χ1n) is 5.99. The molecule has 0 aliphatic rings. The molecule has 1 aromatic carbocycles. The van der Waals surface area contributed by atoms with E-state index in [1.54, 1.807) is 6.92 Å². The number of halogens is 5. The standard InChI is InChI=1S/C13H14Br2F3NO/c1-8(3-2-6-14)19-12(20)10-5-4-9(15)7-11(10)13(16,17)18/h4-5,7-8H,2-3,6H2,1H3,(H,19,20). The van der Waals surface area contributed by atoms with E-state index in [1.807, 2.05) is 0 Å². The van der Waals surface area contributed by atoms with Gasteiger partial charge in [0.15, 0.2) is 0 Å².